The molecule has 0 aromatic carbocycles. The van der Waals surface area contributed by atoms with Crippen LogP contribution in [0.5, 0.6) is 0 Å². The molecular formula is C11H15N7O2S. The molecule has 0 atom stereocenters. The van der Waals surface area contributed by atoms with Crippen LogP contribution in [0.1, 0.15) is 19.2 Å². The molecular weight excluding hydrogens is 294 g/mol. The van der Waals surface area contributed by atoms with Gasteiger partial charge in [0.1, 0.15) is 12.2 Å². The zero-order valence-electron chi connectivity index (χ0n) is 11.9. The Morgan fingerprint density at radius 1 is 1.43 bits per heavy atom. The second kappa shape index (κ2) is 6.48. The van der Waals surface area contributed by atoms with Gasteiger partial charge in [0.15, 0.2) is 10.2 Å². The van der Waals surface area contributed by atoms with Crippen LogP contribution < -0.4 is 5.32 Å². The summed E-state index contributed by atoms with van der Waals surface area (Å²) in [6.45, 7) is 4.38. The topological polar surface area (TPSA) is 112 Å². The van der Waals surface area contributed by atoms with Crippen LogP contribution in [0.15, 0.2) is 16.5 Å². The Bertz CT molecular complexity index is 658. The van der Waals surface area contributed by atoms with Crippen molar-refractivity contribution in [2.75, 3.05) is 11.9 Å². The Labute approximate surface area is 125 Å². The summed E-state index contributed by atoms with van der Waals surface area (Å²) in [5.74, 6) is 0.941. The maximum absolute atomic E-state index is 11.3. The number of aryl methyl sites for hydroxylation is 1. The average molecular weight is 309 g/mol. The molecule has 0 aliphatic carbocycles. The van der Waals surface area contributed by atoms with E-state index in [4.69, 9.17) is 0 Å². The first-order chi connectivity index (χ1) is 10.0. The molecule has 2 aromatic rings. The minimum atomic E-state index is -0.483. The van der Waals surface area contributed by atoms with Crippen molar-refractivity contribution in [3.63, 3.8) is 0 Å². The van der Waals surface area contributed by atoms with Crippen LogP contribution in [0.4, 0.5) is 11.5 Å². The number of nitro groups is 1. The van der Waals surface area contributed by atoms with E-state index in [0.29, 0.717) is 11.7 Å². The first-order valence-corrected chi connectivity index (χ1v) is 7.13. The third kappa shape index (κ3) is 3.27. The molecule has 0 saturated carbocycles. The lowest BCUT2D eigenvalue weighted by atomic mass is 10.4. The van der Waals surface area contributed by atoms with Gasteiger partial charge in [-0.2, -0.15) is 0 Å². The molecule has 112 valence electrons. The third-order valence-corrected chi connectivity index (χ3v) is 3.78. The lowest BCUT2D eigenvalue weighted by Gasteiger charge is -2.07. The standard InChI is InChI=1S/C11H15N7O2S/c1-4-5-12-9-8(18(19)20)10(14-6-13-9)21-11-16-15-7(2)17(11)3/h6H,4-5H2,1-3H3,(H,12,13,14). The van der Waals surface area contributed by atoms with Gasteiger partial charge >= 0.3 is 5.69 Å². The number of hydrogen-bond donors (Lipinski definition) is 1. The number of anilines is 1. The lowest BCUT2D eigenvalue weighted by Crippen LogP contribution is -2.07. The van der Waals surface area contributed by atoms with Crippen molar-refractivity contribution in [3.8, 4) is 0 Å². The summed E-state index contributed by atoms with van der Waals surface area (Å²) in [6.07, 6.45) is 2.14. The molecule has 10 heteroatoms. The van der Waals surface area contributed by atoms with Crippen LogP contribution in [0.2, 0.25) is 0 Å². The van der Waals surface area contributed by atoms with Crippen LogP contribution in [-0.2, 0) is 7.05 Å². The van der Waals surface area contributed by atoms with Crippen molar-refractivity contribution in [1.29, 1.82) is 0 Å². The molecule has 0 radical (unpaired) electrons. The average Bonchev–Trinajstić information content (AvgIpc) is 2.77. The molecule has 0 unspecified atom stereocenters. The minimum Gasteiger partial charge on any atom is -0.364 e. The van der Waals surface area contributed by atoms with Crippen molar-refractivity contribution in [2.24, 2.45) is 7.05 Å². The van der Waals surface area contributed by atoms with Crippen LogP contribution in [0.25, 0.3) is 0 Å². The molecule has 2 aromatic heterocycles. The number of hydrogen-bond acceptors (Lipinski definition) is 8. The zero-order chi connectivity index (χ0) is 15.4. The van der Waals surface area contributed by atoms with E-state index in [2.05, 4.69) is 25.5 Å². The van der Waals surface area contributed by atoms with E-state index in [1.165, 1.54) is 6.33 Å². The van der Waals surface area contributed by atoms with Gasteiger partial charge in [-0.1, -0.05) is 6.92 Å². The molecule has 2 heterocycles. The highest BCUT2D eigenvalue weighted by Crippen LogP contribution is 2.35. The predicted octanol–water partition coefficient (Wildman–Crippen LogP) is 1.79. The summed E-state index contributed by atoms with van der Waals surface area (Å²) in [6, 6.07) is 0. The van der Waals surface area contributed by atoms with Crippen molar-refractivity contribution >= 4 is 23.3 Å². The summed E-state index contributed by atoms with van der Waals surface area (Å²) in [5.41, 5.74) is -0.142. The largest absolute Gasteiger partial charge is 0.364 e. The number of nitrogens with zero attached hydrogens (tertiary/aromatic N) is 6. The van der Waals surface area contributed by atoms with E-state index in [-0.39, 0.29) is 16.5 Å². The quantitative estimate of drug-likeness (QED) is 0.488. The first kappa shape index (κ1) is 15.2. The fourth-order valence-corrected chi connectivity index (χ4v) is 2.43. The van der Waals surface area contributed by atoms with Crippen LogP contribution in [0, 0.1) is 17.0 Å². The van der Waals surface area contributed by atoms with E-state index in [9.17, 15) is 10.1 Å². The van der Waals surface area contributed by atoms with Crippen molar-refractivity contribution in [2.45, 2.75) is 30.5 Å². The van der Waals surface area contributed by atoms with Gasteiger partial charge in [-0.3, -0.25) is 10.1 Å². The second-order valence-electron chi connectivity index (χ2n) is 4.25. The summed E-state index contributed by atoms with van der Waals surface area (Å²) in [5, 5.41) is 22.9. The highest BCUT2D eigenvalue weighted by Gasteiger charge is 2.25. The Hall–Kier alpha value is -2.23. The van der Waals surface area contributed by atoms with Gasteiger partial charge in [0.05, 0.1) is 4.92 Å². The SMILES string of the molecule is CCCNc1ncnc(Sc2nnc(C)n2C)c1[N+](=O)[O-]. The van der Waals surface area contributed by atoms with Gasteiger partial charge in [0.25, 0.3) is 0 Å². The Kier molecular flexibility index (Phi) is 4.68. The summed E-state index contributed by atoms with van der Waals surface area (Å²) >= 11 is 1.09. The molecule has 0 saturated heterocycles. The van der Waals surface area contributed by atoms with Crippen LogP contribution in [0.3, 0.4) is 0 Å². The molecule has 2 rings (SSSR count). The molecule has 0 spiro atoms. The van der Waals surface area contributed by atoms with Gasteiger partial charge in [-0.05, 0) is 25.1 Å². The molecule has 0 fully saturated rings. The van der Waals surface area contributed by atoms with Crippen molar-refractivity contribution in [1.82, 2.24) is 24.7 Å². The molecule has 9 nitrogen and oxygen atoms in total. The lowest BCUT2D eigenvalue weighted by molar-refractivity contribution is -0.387. The highest BCUT2D eigenvalue weighted by molar-refractivity contribution is 7.99. The molecule has 0 amide bonds. The number of aromatic nitrogens is 5. The molecule has 0 aliphatic heterocycles. The Morgan fingerprint density at radius 3 is 2.76 bits per heavy atom. The van der Waals surface area contributed by atoms with Crippen LogP contribution >= 0.6 is 11.8 Å². The van der Waals surface area contributed by atoms with Gasteiger partial charge < -0.3 is 9.88 Å². The second-order valence-corrected chi connectivity index (χ2v) is 5.21. The molecule has 0 aliphatic rings. The molecule has 1 N–H and O–H groups in total. The van der Waals surface area contributed by atoms with Gasteiger partial charge in [-0.15, -0.1) is 10.2 Å². The molecule has 0 bridgehead atoms. The van der Waals surface area contributed by atoms with Gasteiger partial charge in [0, 0.05) is 13.6 Å². The Balaban J connectivity index is 2.38. The summed E-state index contributed by atoms with van der Waals surface area (Å²) in [7, 11) is 1.79. The fraction of sp³-hybridized carbons (Fsp3) is 0.455. The summed E-state index contributed by atoms with van der Waals surface area (Å²) < 4.78 is 1.75. The number of nitrogens with one attached hydrogen (secondary N) is 1. The van der Waals surface area contributed by atoms with E-state index in [0.717, 1.165) is 24.0 Å². The minimum absolute atomic E-state index is 0.142. The third-order valence-electron chi connectivity index (χ3n) is 2.75. The normalized spacial score (nSPS) is 10.6. The smallest absolute Gasteiger partial charge is 0.343 e. The Morgan fingerprint density at radius 2 is 2.19 bits per heavy atom. The first-order valence-electron chi connectivity index (χ1n) is 6.31. The number of rotatable bonds is 6. The van der Waals surface area contributed by atoms with E-state index in [1.807, 2.05) is 6.92 Å². The fourth-order valence-electron chi connectivity index (χ4n) is 1.54. The van der Waals surface area contributed by atoms with Crippen molar-refractivity contribution in [3.05, 3.63) is 22.3 Å². The van der Waals surface area contributed by atoms with E-state index < -0.39 is 4.92 Å². The maximum Gasteiger partial charge on any atom is 0.343 e. The highest BCUT2D eigenvalue weighted by atomic mass is 32.2. The monoisotopic (exact) mass is 309 g/mol. The van der Waals surface area contributed by atoms with E-state index in [1.54, 1.807) is 18.5 Å². The van der Waals surface area contributed by atoms with Crippen LogP contribution in [-0.4, -0.2) is 36.2 Å². The predicted molar refractivity (Wildman–Crippen MR) is 77.3 cm³/mol. The molecule has 21 heavy (non-hydrogen) atoms. The van der Waals surface area contributed by atoms with Crippen molar-refractivity contribution < 1.29 is 4.92 Å². The van der Waals surface area contributed by atoms with E-state index >= 15 is 0 Å². The van der Waals surface area contributed by atoms with Gasteiger partial charge in [-0.25, -0.2) is 9.97 Å². The summed E-state index contributed by atoms with van der Waals surface area (Å²) in [4.78, 5) is 18.8. The maximum atomic E-state index is 11.3. The zero-order valence-corrected chi connectivity index (χ0v) is 12.7. The van der Waals surface area contributed by atoms with Gasteiger partial charge in [0.2, 0.25) is 5.82 Å².